The summed E-state index contributed by atoms with van der Waals surface area (Å²) >= 11 is 0. The molecule has 0 radical (unpaired) electrons. The van der Waals surface area contributed by atoms with Crippen molar-refractivity contribution >= 4 is 28.6 Å². The Bertz CT molecular complexity index is 775. The van der Waals surface area contributed by atoms with Gasteiger partial charge in [0.05, 0.1) is 17.5 Å². The van der Waals surface area contributed by atoms with Gasteiger partial charge in [-0.15, -0.1) is 0 Å². The van der Waals surface area contributed by atoms with Gasteiger partial charge in [-0.25, -0.2) is 4.98 Å². The van der Waals surface area contributed by atoms with E-state index < -0.39 is 0 Å². The Morgan fingerprint density at radius 2 is 1.92 bits per heavy atom. The molecule has 0 aliphatic heterocycles. The van der Waals surface area contributed by atoms with Crippen molar-refractivity contribution in [3.63, 3.8) is 0 Å². The van der Waals surface area contributed by atoms with Crippen molar-refractivity contribution in [2.24, 2.45) is 0 Å². The van der Waals surface area contributed by atoms with E-state index in [4.69, 9.17) is 0 Å². The lowest BCUT2D eigenvalue weighted by molar-refractivity contribution is -0.120. The lowest BCUT2D eigenvalue weighted by Crippen LogP contribution is -2.25. The molecule has 0 spiro atoms. The Balaban J connectivity index is 1.59. The zero-order valence-electron chi connectivity index (χ0n) is 13.8. The summed E-state index contributed by atoms with van der Waals surface area (Å²) in [6.45, 7) is 2.86. The van der Waals surface area contributed by atoms with Crippen LogP contribution in [0.5, 0.6) is 0 Å². The van der Waals surface area contributed by atoms with Crippen molar-refractivity contribution in [2.75, 3.05) is 11.9 Å². The molecule has 0 saturated carbocycles. The molecular formula is C19H22N4O. The molecule has 3 rings (SSSR count). The summed E-state index contributed by atoms with van der Waals surface area (Å²) < 4.78 is 0. The number of H-pyrrole nitrogens is 1. The maximum atomic E-state index is 11.8. The van der Waals surface area contributed by atoms with Crippen LogP contribution in [0, 0.1) is 0 Å². The highest BCUT2D eigenvalue weighted by Crippen LogP contribution is 2.18. The summed E-state index contributed by atoms with van der Waals surface area (Å²) in [7, 11) is 0. The lowest BCUT2D eigenvalue weighted by atomic mass is 10.1. The van der Waals surface area contributed by atoms with E-state index in [1.165, 1.54) is 0 Å². The van der Waals surface area contributed by atoms with Crippen LogP contribution in [0.15, 0.2) is 48.5 Å². The molecular weight excluding hydrogens is 300 g/mol. The largest absolute Gasteiger partial charge is 0.356 e. The average Bonchev–Trinajstić information content (AvgIpc) is 2.99. The highest BCUT2D eigenvalue weighted by atomic mass is 16.1. The first-order valence-electron chi connectivity index (χ1n) is 8.32. The van der Waals surface area contributed by atoms with Crippen LogP contribution in [0.3, 0.4) is 0 Å². The van der Waals surface area contributed by atoms with Crippen LogP contribution in [-0.2, 0) is 11.2 Å². The van der Waals surface area contributed by atoms with E-state index >= 15 is 0 Å². The van der Waals surface area contributed by atoms with Gasteiger partial charge < -0.3 is 15.6 Å². The Labute approximate surface area is 141 Å². The molecule has 1 aromatic heterocycles. The smallest absolute Gasteiger partial charge is 0.224 e. The number of aromatic amines is 1. The number of aromatic nitrogens is 2. The molecule has 1 heterocycles. The topological polar surface area (TPSA) is 69.8 Å². The first-order chi connectivity index (χ1) is 11.7. The molecule has 3 aromatic rings. The van der Waals surface area contributed by atoms with Crippen LogP contribution >= 0.6 is 0 Å². The van der Waals surface area contributed by atoms with Crippen molar-refractivity contribution in [3.8, 4) is 0 Å². The molecule has 0 fully saturated rings. The molecule has 0 unspecified atom stereocenters. The Kier molecular flexibility index (Phi) is 5.11. The van der Waals surface area contributed by atoms with Crippen molar-refractivity contribution < 1.29 is 4.79 Å². The number of carbonyl (C=O) groups excluding carboxylic acids is 1. The molecule has 5 heteroatoms. The maximum Gasteiger partial charge on any atom is 0.224 e. The molecule has 2 aromatic carbocycles. The fraction of sp³-hybridized carbons (Fsp3) is 0.263. The van der Waals surface area contributed by atoms with Crippen LogP contribution in [0.4, 0.5) is 11.6 Å². The third kappa shape index (κ3) is 4.13. The van der Waals surface area contributed by atoms with Gasteiger partial charge in [-0.05, 0) is 36.2 Å². The average molecular weight is 322 g/mol. The zero-order valence-corrected chi connectivity index (χ0v) is 13.8. The summed E-state index contributed by atoms with van der Waals surface area (Å²) in [5.41, 5.74) is 3.86. The Morgan fingerprint density at radius 1 is 1.12 bits per heavy atom. The number of imidazole rings is 1. The third-order valence-electron chi connectivity index (χ3n) is 3.82. The van der Waals surface area contributed by atoms with Gasteiger partial charge in [0.2, 0.25) is 11.9 Å². The van der Waals surface area contributed by atoms with Crippen LogP contribution in [0.1, 0.15) is 25.3 Å². The minimum Gasteiger partial charge on any atom is -0.356 e. The summed E-state index contributed by atoms with van der Waals surface area (Å²) in [6, 6.07) is 15.8. The van der Waals surface area contributed by atoms with Crippen LogP contribution in [0.2, 0.25) is 0 Å². The molecule has 3 N–H and O–H groups in total. The second-order valence-electron chi connectivity index (χ2n) is 5.80. The molecule has 1 amide bonds. The summed E-state index contributed by atoms with van der Waals surface area (Å²) in [4.78, 5) is 19.5. The number of carbonyl (C=O) groups is 1. The molecule has 0 aliphatic rings. The highest BCUT2D eigenvalue weighted by molar-refractivity contribution is 5.79. The molecule has 24 heavy (non-hydrogen) atoms. The minimum atomic E-state index is 0.0708. The maximum absolute atomic E-state index is 11.8. The normalized spacial score (nSPS) is 10.7. The van der Waals surface area contributed by atoms with Gasteiger partial charge in [0.15, 0.2) is 0 Å². The van der Waals surface area contributed by atoms with E-state index in [-0.39, 0.29) is 5.91 Å². The SMILES string of the molecule is CCCCNC(=O)Cc1ccc(Nc2nc3ccccc3[nH]2)cc1. The minimum absolute atomic E-state index is 0.0708. The third-order valence-corrected chi connectivity index (χ3v) is 3.82. The van der Waals surface area contributed by atoms with Gasteiger partial charge in [-0.3, -0.25) is 4.79 Å². The van der Waals surface area contributed by atoms with Gasteiger partial charge in [0.1, 0.15) is 0 Å². The Hall–Kier alpha value is -2.82. The molecule has 124 valence electrons. The van der Waals surface area contributed by atoms with Gasteiger partial charge in [-0.1, -0.05) is 37.6 Å². The van der Waals surface area contributed by atoms with E-state index in [1.807, 2.05) is 48.5 Å². The number of hydrogen-bond donors (Lipinski definition) is 3. The Morgan fingerprint density at radius 3 is 2.67 bits per heavy atom. The first-order valence-corrected chi connectivity index (χ1v) is 8.32. The van der Waals surface area contributed by atoms with Gasteiger partial charge in [0, 0.05) is 12.2 Å². The van der Waals surface area contributed by atoms with Crippen LogP contribution in [0.25, 0.3) is 11.0 Å². The van der Waals surface area contributed by atoms with Crippen LogP contribution in [-0.4, -0.2) is 22.4 Å². The fourth-order valence-corrected chi connectivity index (χ4v) is 2.51. The van der Waals surface area contributed by atoms with E-state index in [0.717, 1.165) is 41.7 Å². The number of benzene rings is 2. The molecule has 0 saturated heterocycles. The van der Waals surface area contributed by atoms with E-state index in [9.17, 15) is 4.79 Å². The van der Waals surface area contributed by atoms with E-state index in [2.05, 4.69) is 27.5 Å². The number of rotatable bonds is 7. The van der Waals surface area contributed by atoms with E-state index in [1.54, 1.807) is 0 Å². The number of fused-ring (bicyclic) bond motifs is 1. The number of nitrogens with zero attached hydrogens (tertiary/aromatic N) is 1. The summed E-state index contributed by atoms with van der Waals surface area (Å²) in [6.07, 6.45) is 2.52. The van der Waals surface area contributed by atoms with Gasteiger partial charge in [0.25, 0.3) is 0 Å². The van der Waals surface area contributed by atoms with Crippen molar-refractivity contribution in [1.29, 1.82) is 0 Å². The fourth-order valence-electron chi connectivity index (χ4n) is 2.51. The standard InChI is InChI=1S/C19H22N4O/c1-2-3-12-20-18(24)13-14-8-10-15(11-9-14)21-19-22-16-6-4-5-7-17(16)23-19/h4-11H,2-3,12-13H2,1H3,(H,20,24)(H2,21,22,23). The number of para-hydroxylation sites is 2. The van der Waals surface area contributed by atoms with Gasteiger partial charge >= 0.3 is 0 Å². The van der Waals surface area contributed by atoms with E-state index in [0.29, 0.717) is 12.4 Å². The highest BCUT2D eigenvalue weighted by Gasteiger charge is 2.04. The molecule has 0 atom stereocenters. The van der Waals surface area contributed by atoms with Crippen LogP contribution < -0.4 is 10.6 Å². The number of unbranched alkanes of at least 4 members (excludes halogenated alkanes) is 1. The zero-order chi connectivity index (χ0) is 16.8. The predicted octanol–water partition coefficient (Wildman–Crippen LogP) is 3.77. The van der Waals surface area contributed by atoms with Crippen molar-refractivity contribution in [1.82, 2.24) is 15.3 Å². The second-order valence-corrected chi connectivity index (χ2v) is 5.80. The van der Waals surface area contributed by atoms with Crippen molar-refractivity contribution in [3.05, 3.63) is 54.1 Å². The number of hydrogen-bond acceptors (Lipinski definition) is 3. The number of nitrogens with one attached hydrogen (secondary N) is 3. The molecule has 5 nitrogen and oxygen atoms in total. The summed E-state index contributed by atoms with van der Waals surface area (Å²) in [5.74, 6) is 0.780. The molecule has 0 aliphatic carbocycles. The second kappa shape index (κ2) is 7.64. The lowest BCUT2D eigenvalue weighted by Gasteiger charge is -2.06. The molecule has 0 bridgehead atoms. The summed E-state index contributed by atoms with van der Waals surface area (Å²) in [5, 5.41) is 6.18. The monoisotopic (exact) mass is 322 g/mol. The van der Waals surface area contributed by atoms with Gasteiger partial charge in [-0.2, -0.15) is 0 Å². The first kappa shape index (κ1) is 16.1. The quantitative estimate of drug-likeness (QED) is 0.580. The number of amides is 1. The van der Waals surface area contributed by atoms with Crippen molar-refractivity contribution in [2.45, 2.75) is 26.2 Å². The predicted molar refractivity (Wildman–Crippen MR) is 97.4 cm³/mol. The number of anilines is 2.